The molecular weight excluding hydrogens is 590 g/mol. The SMILES string of the molecule is O=C(O)CCCN1C(=O)[C@H]2[C@H](CC=C3[C@H]2C[C@@]2(Cl)C(=O)N(c4ccc(F)cc4)C(=O)[C@@]2(Cl)[C@H]3c2ccccc2O)C1=O. The van der Waals surface area contributed by atoms with Crippen molar-refractivity contribution in [2.75, 3.05) is 11.4 Å². The van der Waals surface area contributed by atoms with Crippen LogP contribution in [0.1, 0.15) is 37.2 Å². The summed E-state index contributed by atoms with van der Waals surface area (Å²) in [5, 5.41) is 20.0. The van der Waals surface area contributed by atoms with Crippen LogP contribution >= 0.6 is 23.2 Å². The number of aromatic hydroxyl groups is 1. The lowest BCUT2D eigenvalue weighted by molar-refractivity contribution is -0.142. The molecule has 2 saturated heterocycles. The number of likely N-dealkylation sites (tertiary alicyclic amines) is 1. The number of anilines is 1. The second-order valence-corrected chi connectivity index (χ2v) is 12.4. The smallest absolute Gasteiger partial charge is 0.303 e. The molecule has 1 saturated carbocycles. The number of allylic oxidation sites excluding steroid dienone is 2. The third-order valence-electron chi connectivity index (χ3n) is 9.01. The minimum Gasteiger partial charge on any atom is -0.508 e. The van der Waals surface area contributed by atoms with Crippen LogP contribution in [0.3, 0.4) is 0 Å². The third-order valence-corrected chi connectivity index (χ3v) is 10.4. The fourth-order valence-corrected chi connectivity index (χ4v) is 8.08. The van der Waals surface area contributed by atoms with Gasteiger partial charge in [0.25, 0.3) is 11.8 Å². The molecule has 2 aromatic rings. The Morgan fingerprint density at radius 1 is 0.976 bits per heavy atom. The van der Waals surface area contributed by atoms with E-state index in [4.69, 9.17) is 28.3 Å². The predicted octanol–water partition coefficient (Wildman–Crippen LogP) is 3.96. The number of aliphatic carboxylic acids is 1. The molecule has 2 aromatic carbocycles. The molecular formula is C30H25Cl2FN2O7. The topological polar surface area (TPSA) is 132 Å². The first-order chi connectivity index (χ1) is 19.9. The number of hydrogen-bond donors (Lipinski definition) is 2. The van der Waals surface area contributed by atoms with Crippen LogP contribution in [0, 0.1) is 23.6 Å². The Labute approximate surface area is 249 Å². The molecule has 2 N–H and O–H groups in total. The Morgan fingerprint density at radius 3 is 2.33 bits per heavy atom. The Hall–Kier alpha value is -3.76. The number of halogens is 3. The Kier molecular flexibility index (Phi) is 6.69. The van der Waals surface area contributed by atoms with Crippen molar-refractivity contribution < 1.29 is 38.6 Å². The van der Waals surface area contributed by atoms with E-state index < -0.39 is 68.8 Å². The number of carboxylic acids is 1. The van der Waals surface area contributed by atoms with Crippen LogP contribution in [0.25, 0.3) is 0 Å². The maximum absolute atomic E-state index is 14.2. The van der Waals surface area contributed by atoms with Crippen LogP contribution in [-0.2, 0) is 24.0 Å². The summed E-state index contributed by atoms with van der Waals surface area (Å²) in [6, 6.07) is 10.9. The van der Waals surface area contributed by atoms with Gasteiger partial charge in [0.15, 0.2) is 9.75 Å². The number of carboxylic acid groups (broad SMARTS) is 1. The van der Waals surface area contributed by atoms with E-state index in [-0.39, 0.29) is 49.2 Å². The molecule has 0 radical (unpaired) electrons. The van der Waals surface area contributed by atoms with Gasteiger partial charge in [-0.25, -0.2) is 9.29 Å². The first kappa shape index (κ1) is 28.4. The van der Waals surface area contributed by atoms with Gasteiger partial charge in [0.1, 0.15) is 11.6 Å². The standard InChI is InChI=1S/C30H25Cl2FN2O7/c31-29-14-20-17(11-12-19-23(20)26(40)34(25(19)39)13-3-6-22(37)38)24(18-4-1-2-5-21(18)36)30(29,32)28(42)35(27(29)41)16-9-7-15(33)8-10-16/h1-2,4-5,7-11,19-20,23-24,36H,3,6,12-14H2,(H,37,38)/t19-,20+,23-,24+,29+,30-/m0/s1. The molecule has 2 aliphatic heterocycles. The van der Waals surface area contributed by atoms with Crippen LogP contribution in [0.5, 0.6) is 5.75 Å². The van der Waals surface area contributed by atoms with E-state index in [1.165, 1.54) is 18.2 Å². The highest BCUT2D eigenvalue weighted by Crippen LogP contribution is 2.66. The van der Waals surface area contributed by atoms with Gasteiger partial charge in [0, 0.05) is 24.4 Å². The summed E-state index contributed by atoms with van der Waals surface area (Å²) in [6.45, 7) is -0.0663. The Bertz CT molecular complexity index is 1580. The van der Waals surface area contributed by atoms with E-state index in [1.807, 2.05) is 0 Å². The van der Waals surface area contributed by atoms with Crippen LogP contribution in [0.15, 0.2) is 60.2 Å². The highest BCUT2D eigenvalue weighted by Gasteiger charge is 2.76. The molecule has 0 spiro atoms. The van der Waals surface area contributed by atoms with E-state index in [0.717, 1.165) is 21.9 Å². The summed E-state index contributed by atoms with van der Waals surface area (Å²) in [5.41, 5.74) is 0.798. The number of imide groups is 2. The summed E-state index contributed by atoms with van der Waals surface area (Å²) in [6.07, 6.45) is 1.51. The summed E-state index contributed by atoms with van der Waals surface area (Å²) < 4.78 is 13.7. The van der Waals surface area contributed by atoms with Crippen molar-refractivity contribution in [3.8, 4) is 5.75 Å². The fraction of sp³-hybridized carbons (Fsp3) is 0.367. The second kappa shape index (κ2) is 9.91. The zero-order chi connectivity index (χ0) is 30.1. The summed E-state index contributed by atoms with van der Waals surface area (Å²) in [7, 11) is 0. The number of alkyl halides is 2. The number of nitrogens with zero attached hydrogens (tertiary/aromatic N) is 2. The van der Waals surface area contributed by atoms with E-state index in [9.17, 15) is 33.5 Å². The van der Waals surface area contributed by atoms with Crippen molar-refractivity contribution >= 4 is 58.5 Å². The molecule has 6 atom stereocenters. The zero-order valence-corrected chi connectivity index (χ0v) is 23.5. The van der Waals surface area contributed by atoms with Crippen LogP contribution < -0.4 is 4.90 Å². The summed E-state index contributed by atoms with van der Waals surface area (Å²) in [5.74, 6) is -8.09. The van der Waals surface area contributed by atoms with Crippen LogP contribution in [-0.4, -0.2) is 61.0 Å². The van der Waals surface area contributed by atoms with Gasteiger partial charge < -0.3 is 10.2 Å². The van der Waals surface area contributed by atoms with Crippen molar-refractivity contribution in [3.63, 3.8) is 0 Å². The molecule has 0 aromatic heterocycles. The number of amides is 4. The number of rotatable bonds is 6. The van der Waals surface area contributed by atoms with Crippen LogP contribution in [0.4, 0.5) is 10.1 Å². The van der Waals surface area contributed by atoms with Gasteiger partial charge in [-0.1, -0.05) is 29.8 Å². The number of para-hydroxylation sites is 1. The Morgan fingerprint density at radius 2 is 1.67 bits per heavy atom. The molecule has 0 bridgehead atoms. The average molecular weight is 615 g/mol. The third kappa shape index (κ3) is 3.84. The molecule has 2 aliphatic carbocycles. The minimum absolute atomic E-state index is 0.0587. The molecule has 4 aliphatic rings. The maximum Gasteiger partial charge on any atom is 0.303 e. The molecule has 0 unspecified atom stereocenters. The normalized spacial score (nSPS) is 32.0. The minimum atomic E-state index is -2.14. The van der Waals surface area contributed by atoms with Crippen molar-refractivity contribution in [2.24, 2.45) is 17.8 Å². The largest absolute Gasteiger partial charge is 0.508 e. The average Bonchev–Trinajstić information content (AvgIpc) is 3.28. The lowest BCUT2D eigenvalue weighted by Gasteiger charge is -2.50. The summed E-state index contributed by atoms with van der Waals surface area (Å²) in [4.78, 5) is 64.1. The van der Waals surface area contributed by atoms with Crippen molar-refractivity contribution in [1.29, 1.82) is 0 Å². The van der Waals surface area contributed by atoms with Gasteiger partial charge in [-0.3, -0.25) is 28.9 Å². The van der Waals surface area contributed by atoms with Crippen molar-refractivity contribution in [1.82, 2.24) is 4.90 Å². The lowest BCUT2D eigenvalue weighted by atomic mass is 9.56. The number of carbonyl (C=O) groups excluding carboxylic acids is 4. The number of fused-ring (bicyclic) bond motifs is 4. The highest BCUT2D eigenvalue weighted by atomic mass is 35.5. The monoisotopic (exact) mass is 614 g/mol. The first-order valence-corrected chi connectivity index (χ1v) is 14.2. The Balaban J connectivity index is 1.48. The number of phenolic OH excluding ortho intramolecular Hbond substituents is 1. The fourth-order valence-electron chi connectivity index (χ4n) is 7.15. The van der Waals surface area contributed by atoms with E-state index in [1.54, 1.807) is 24.3 Å². The number of phenols is 1. The van der Waals surface area contributed by atoms with Gasteiger partial charge in [-0.2, -0.15) is 0 Å². The molecule has 3 fully saturated rings. The summed E-state index contributed by atoms with van der Waals surface area (Å²) >= 11 is 14.5. The lowest BCUT2D eigenvalue weighted by Crippen LogP contribution is -2.60. The quantitative estimate of drug-likeness (QED) is 0.286. The number of benzene rings is 2. The van der Waals surface area contributed by atoms with Gasteiger partial charge in [0.2, 0.25) is 11.8 Å². The van der Waals surface area contributed by atoms with Gasteiger partial charge in [-0.05, 0) is 55.5 Å². The number of hydrogen-bond acceptors (Lipinski definition) is 6. The van der Waals surface area contributed by atoms with E-state index >= 15 is 0 Å². The van der Waals surface area contributed by atoms with Gasteiger partial charge in [-0.15, -0.1) is 23.2 Å². The zero-order valence-electron chi connectivity index (χ0n) is 22.0. The molecule has 2 heterocycles. The van der Waals surface area contributed by atoms with Gasteiger partial charge in [0.05, 0.1) is 17.5 Å². The van der Waals surface area contributed by atoms with Crippen molar-refractivity contribution in [2.45, 2.75) is 41.3 Å². The molecule has 6 rings (SSSR count). The highest BCUT2D eigenvalue weighted by molar-refractivity contribution is 6.58. The van der Waals surface area contributed by atoms with E-state index in [2.05, 4.69) is 0 Å². The molecule has 12 heteroatoms. The van der Waals surface area contributed by atoms with Crippen LogP contribution in [0.2, 0.25) is 0 Å². The molecule has 42 heavy (non-hydrogen) atoms. The van der Waals surface area contributed by atoms with Crippen molar-refractivity contribution in [3.05, 3.63) is 71.6 Å². The van der Waals surface area contributed by atoms with Gasteiger partial charge >= 0.3 is 5.97 Å². The molecule has 218 valence electrons. The maximum atomic E-state index is 14.2. The van der Waals surface area contributed by atoms with E-state index in [0.29, 0.717) is 5.57 Å². The second-order valence-electron chi connectivity index (χ2n) is 11.1. The molecule has 4 amide bonds. The number of carbonyl (C=O) groups is 5. The first-order valence-electron chi connectivity index (χ1n) is 13.5. The predicted molar refractivity (Wildman–Crippen MR) is 148 cm³/mol. The molecule has 9 nitrogen and oxygen atoms in total.